The predicted octanol–water partition coefficient (Wildman–Crippen LogP) is 3.81. The lowest BCUT2D eigenvalue weighted by Gasteiger charge is -2.32. The number of aryl methyl sites for hydroxylation is 1. The number of nitrogens with zero attached hydrogens (tertiary/aromatic N) is 5. The van der Waals surface area contributed by atoms with Gasteiger partial charge in [0.05, 0.1) is 16.7 Å². The lowest BCUT2D eigenvalue weighted by Crippen LogP contribution is -2.49. The van der Waals surface area contributed by atoms with Gasteiger partial charge in [0, 0.05) is 43.0 Å². The number of aromatic amines is 1. The molecule has 1 fully saturated rings. The molecule has 0 amide bonds. The van der Waals surface area contributed by atoms with Crippen molar-refractivity contribution in [2.24, 2.45) is 0 Å². The maximum atomic E-state index is 5.14. The highest BCUT2D eigenvalue weighted by molar-refractivity contribution is 5.90. The number of H-pyrrole nitrogens is 1. The molecule has 5 heterocycles. The van der Waals surface area contributed by atoms with Crippen molar-refractivity contribution >= 4 is 22.5 Å². The highest BCUT2D eigenvalue weighted by Crippen LogP contribution is 2.37. The molecule has 1 aliphatic rings. The lowest BCUT2D eigenvalue weighted by atomic mass is 9.95. The number of anilines is 1. The van der Waals surface area contributed by atoms with Crippen LogP contribution >= 0.6 is 0 Å². The van der Waals surface area contributed by atoms with Crippen molar-refractivity contribution in [3.63, 3.8) is 0 Å². The number of hydrogen-bond acceptors (Lipinski definition) is 5. The monoisotopic (exact) mass is 403 g/mol. The molecule has 7 nitrogen and oxygen atoms in total. The van der Waals surface area contributed by atoms with Crippen molar-refractivity contribution in [1.29, 1.82) is 0 Å². The Balaban J connectivity index is 1.70. The van der Waals surface area contributed by atoms with Crippen LogP contribution in [-0.4, -0.2) is 50.2 Å². The zero-order valence-electron chi connectivity index (χ0n) is 18.3. The Morgan fingerprint density at radius 1 is 1.17 bits per heavy atom. The Morgan fingerprint density at radius 3 is 2.77 bits per heavy atom. The fourth-order valence-corrected chi connectivity index (χ4v) is 4.62. The molecule has 4 aromatic heterocycles. The molecule has 0 aromatic carbocycles. The van der Waals surface area contributed by atoms with E-state index < -0.39 is 0 Å². The molecular formula is C23H29N7. The minimum atomic E-state index is 0.338. The van der Waals surface area contributed by atoms with E-state index in [1.165, 1.54) is 11.1 Å². The van der Waals surface area contributed by atoms with Crippen molar-refractivity contribution < 1.29 is 0 Å². The highest BCUT2D eigenvalue weighted by Gasteiger charge is 2.23. The zero-order valence-corrected chi connectivity index (χ0v) is 18.3. The summed E-state index contributed by atoms with van der Waals surface area (Å²) in [5, 5.41) is 7.89. The van der Waals surface area contributed by atoms with Crippen LogP contribution in [0.1, 0.15) is 43.4 Å². The minimum Gasteiger partial charge on any atom is -0.354 e. The van der Waals surface area contributed by atoms with Gasteiger partial charge in [-0.25, -0.2) is 14.5 Å². The first-order valence-corrected chi connectivity index (χ1v) is 10.7. The predicted molar refractivity (Wildman–Crippen MR) is 121 cm³/mol. The summed E-state index contributed by atoms with van der Waals surface area (Å²) in [4.78, 5) is 15.6. The number of hydrogen-bond donors (Lipinski definition) is 2. The Bertz CT molecular complexity index is 1230. The molecule has 30 heavy (non-hydrogen) atoms. The standard InChI is InChI=1S/C23H29N7/c1-13(2)20-21(17-11-30-23(25-12-26-30)16(5)15(17)4)27-18-6-7-19(28-22(18)20)29-9-8-24-14(3)10-29/h6-7,11-14,24,27H,8-10H2,1-5H3/t14-/m0/s1. The molecule has 0 radical (unpaired) electrons. The smallest absolute Gasteiger partial charge is 0.158 e. The van der Waals surface area contributed by atoms with E-state index in [0.29, 0.717) is 12.0 Å². The summed E-state index contributed by atoms with van der Waals surface area (Å²) in [5.74, 6) is 1.40. The van der Waals surface area contributed by atoms with Gasteiger partial charge in [-0.15, -0.1) is 0 Å². The molecule has 5 rings (SSSR count). The molecule has 1 aliphatic heterocycles. The minimum absolute atomic E-state index is 0.338. The molecule has 2 N–H and O–H groups in total. The van der Waals surface area contributed by atoms with E-state index in [2.05, 4.69) is 78.2 Å². The Hall–Kier alpha value is -2.93. The fourth-order valence-electron chi connectivity index (χ4n) is 4.62. The summed E-state index contributed by atoms with van der Waals surface area (Å²) in [5.41, 5.74) is 8.99. The number of piperazine rings is 1. The Labute approximate surface area is 176 Å². The van der Waals surface area contributed by atoms with Gasteiger partial charge in [-0.05, 0) is 49.9 Å². The number of rotatable bonds is 3. The molecule has 0 unspecified atom stereocenters. The van der Waals surface area contributed by atoms with E-state index in [-0.39, 0.29) is 0 Å². The molecule has 1 atom stereocenters. The summed E-state index contributed by atoms with van der Waals surface area (Å²) in [6, 6.07) is 4.79. The largest absolute Gasteiger partial charge is 0.354 e. The summed E-state index contributed by atoms with van der Waals surface area (Å²) in [6.07, 6.45) is 3.70. The van der Waals surface area contributed by atoms with Crippen molar-refractivity contribution in [3.05, 3.63) is 41.3 Å². The van der Waals surface area contributed by atoms with Gasteiger partial charge in [0.25, 0.3) is 0 Å². The summed E-state index contributed by atoms with van der Waals surface area (Å²) in [6.45, 7) is 13.9. The van der Waals surface area contributed by atoms with Crippen LogP contribution in [0.5, 0.6) is 0 Å². The number of aromatic nitrogens is 5. The SMILES string of the molecule is Cc1c(-c2[nH]c3ccc(N4CCN[C@@H](C)C4)nc3c2C(C)C)cn2ncnc2c1C. The lowest BCUT2D eigenvalue weighted by molar-refractivity contribution is 0.482. The second-order valence-electron chi connectivity index (χ2n) is 8.76. The van der Waals surface area contributed by atoms with Crippen molar-refractivity contribution in [1.82, 2.24) is 29.9 Å². The summed E-state index contributed by atoms with van der Waals surface area (Å²) < 4.78 is 1.87. The van der Waals surface area contributed by atoms with Crippen molar-refractivity contribution in [3.8, 4) is 11.3 Å². The first-order valence-electron chi connectivity index (χ1n) is 10.7. The number of pyridine rings is 2. The number of fused-ring (bicyclic) bond motifs is 2. The molecule has 0 saturated carbocycles. The van der Waals surface area contributed by atoms with Gasteiger partial charge < -0.3 is 15.2 Å². The molecule has 4 aromatic rings. The van der Waals surface area contributed by atoms with Crippen LogP contribution in [0.25, 0.3) is 27.9 Å². The third-order valence-corrected chi connectivity index (χ3v) is 6.33. The van der Waals surface area contributed by atoms with Crippen LogP contribution in [0.4, 0.5) is 5.82 Å². The normalized spacial score (nSPS) is 17.5. The maximum Gasteiger partial charge on any atom is 0.158 e. The molecule has 0 spiro atoms. The van der Waals surface area contributed by atoms with Crippen LogP contribution in [0.15, 0.2) is 24.7 Å². The van der Waals surface area contributed by atoms with E-state index in [4.69, 9.17) is 4.98 Å². The second-order valence-corrected chi connectivity index (χ2v) is 8.76. The average molecular weight is 404 g/mol. The van der Waals surface area contributed by atoms with Gasteiger partial charge in [0.2, 0.25) is 0 Å². The van der Waals surface area contributed by atoms with Crippen molar-refractivity contribution in [2.45, 2.75) is 46.6 Å². The molecule has 7 heteroatoms. The van der Waals surface area contributed by atoms with Gasteiger partial charge in [-0.3, -0.25) is 0 Å². The highest BCUT2D eigenvalue weighted by atomic mass is 15.3. The maximum absolute atomic E-state index is 5.14. The molecule has 156 valence electrons. The van der Waals surface area contributed by atoms with E-state index in [1.54, 1.807) is 6.33 Å². The topological polar surface area (TPSA) is 74.1 Å². The van der Waals surface area contributed by atoms with E-state index in [9.17, 15) is 0 Å². The third-order valence-electron chi connectivity index (χ3n) is 6.33. The molecule has 0 bridgehead atoms. The first-order chi connectivity index (χ1) is 14.4. The van der Waals surface area contributed by atoms with Gasteiger partial charge in [0.15, 0.2) is 5.65 Å². The number of nitrogens with one attached hydrogen (secondary N) is 2. The quantitative estimate of drug-likeness (QED) is 0.544. The Kier molecular flexibility index (Phi) is 4.50. The first kappa shape index (κ1) is 19.1. The van der Waals surface area contributed by atoms with Gasteiger partial charge >= 0.3 is 0 Å². The van der Waals surface area contributed by atoms with Crippen LogP contribution in [0.2, 0.25) is 0 Å². The molecule has 0 aliphatic carbocycles. The summed E-state index contributed by atoms with van der Waals surface area (Å²) in [7, 11) is 0. The molecular weight excluding hydrogens is 374 g/mol. The van der Waals surface area contributed by atoms with Crippen LogP contribution < -0.4 is 10.2 Å². The van der Waals surface area contributed by atoms with Gasteiger partial charge in [-0.1, -0.05) is 13.8 Å². The summed E-state index contributed by atoms with van der Waals surface area (Å²) >= 11 is 0. The van der Waals surface area contributed by atoms with E-state index in [0.717, 1.165) is 59.0 Å². The van der Waals surface area contributed by atoms with Crippen LogP contribution in [-0.2, 0) is 0 Å². The molecule has 1 saturated heterocycles. The van der Waals surface area contributed by atoms with E-state index in [1.807, 2.05) is 4.52 Å². The third kappa shape index (κ3) is 2.96. The average Bonchev–Trinajstić information content (AvgIpc) is 3.34. The van der Waals surface area contributed by atoms with Gasteiger partial charge in [0.1, 0.15) is 12.1 Å². The zero-order chi connectivity index (χ0) is 21.0. The Morgan fingerprint density at radius 2 is 2.00 bits per heavy atom. The second kappa shape index (κ2) is 7.09. The van der Waals surface area contributed by atoms with Crippen LogP contribution in [0.3, 0.4) is 0 Å². The van der Waals surface area contributed by atoms with Crippen molar-refractivity contribution in [2.75, 3.05) is 24.5 Å². The van der Waals surface area contributed by atoms with Crippen LogP contribution in [0, 0.1) is 13.8 Å². The van der Waals surface area contributed by atoms with Gasteiger partial charge in [-0.2, -0.15) is 5.10 Å². The van der Waals surface area contributed by atoms with E-state index >= 15 is 0 Å². The fraction of sp³-hybridized carbons (Fsp3) is 0.435.